The quantitative estimate of drug-likeness (QED) is 0.733. The zero-order valence-electron chi connectivity index (χ0n) is 14.0. The molecular formula is C20H19NO4. The number of fused-ring (bicyclic) bond motifs is 1. The Hall–Kier alpha value is -2.79. The number of furan rings is 1. The molecule has 0 atom stereocenters. The minimum atomic E-state index is -0.111. The van der Waals surface area contributed by atoms with E-state index < -0.39 is 0 Å². The number of carbonyl (C=O) groups is 1. The van der Waals surface area contributed by atoms with Crippen molar-refractivity contribution < 1.29 is 18.7 Å². The van der Waals surface area contributed by atoms with Gasteiger partial charge in [-0.2, -0.15) is 0 Å². The molecule has 5 nitrogen and oxygen atoms in total. The molecule has 1 saturated heterocycles. The molecule has 0 N–H and O–H groups in total. The Morgan fingerprint density at radius 3 is 2.56 bits per heavy atom. The number of ether oxygens (including phenoxy) is 2. The van der Waals surface area contributed by atoms with Crippen LogP contribution in [0.15, 0.2) is 52.9 Å². The molecule has 5 heteroatoms. The van der Waals surface area contributed by atoms with Crippen LogP contribution in [0.4, 0.5) is 0 Å². The number of hydrogen-bond donors (Lipinski definition) is 0. The molecule has 0 bridgehead atoms. The van der Waals surface area contributed by atoms with Gasteiger partial charge in [0.25, 0.3) is 5.91 Å². The highest BCUT2D eigenvalue weighted by molar-refractivity contribution is 6.03. The molecule has 0 aliphatic carbocycles. The first-order valence-electron chi connectivity index (χ1n) is 8.31. The van der Waals surface area contributed by atoms with Gasteiger partial charge in [0.05, 0.1) is 20.3 Å². The van der Waals surface area contributed by atoms with Crippen molar-refractivity contribution in [1.82, 2.24) is 4.90 Å². The second kappa shape index (κ2) is 6.61. The van der Waals surface area contributed by atoms with Crippen LogP contribution in [0.25, 0.3) is 22.1 Å². The van der Waals surface area contributed by atoms with Crippen molar-refractivity contribution >= 4 is 16.9 Å². The Kier molecular flexibility index (Phi) is 4.15. The highest BCUT2D eigenvalue weighted by Crippen LogP contribution is 2.36. The van der Waals surface area contributed by atoms with Gasteiger partial charge in [-0.3, -0.25) is 4.79 Å². The van der Waals surface area contributed by atoms with Crippen LogP contribution in [0.2, 0.25) is 0 Å². The van der Waals surface area contributed by atoms with Crippen molar-refractivity contribution in [2.24, 2.45) is 0 Å². The lowest BCUT2D eigenvalue weighted by molar-refractivity contribution is 0.0284. The van der Waals surface area contributed by atoms with E-state index in [0.717, 1.165) is 16.5 Å². The van der Waals surface area contributed by atoms with Gasteiger partial charge in [-0.25, -0.2) is 0 Å². The van der Waals surface area contributed by atoms with E-state index in [0.29, 0.717) is 43.4 Å². The van der Waals surface area contributed by atoms with E-state index in [1.54, 1.807) is 12.0 Å². The number of methoxy groups -OCH3 is 1. The van der Waals surface area contributed by atoms with Crippen molar-refractivity contribution in [3.8, 4) is 16.9 Å². The molecule has 25 heavy (non-hydrogen) atoms. The van der Waals surface area contributed by atoms with Crippen molar-refractivity contribution in [1.29, 1.82) is 0 Å². The van der Waals surface area contributed by atoms with Crippen LogP contribution < -0.4 is 4.74 Å². The van der Waals surface area contributed by atoms with Crippen molar-refractivity contribution in [2.75, 3.05) is 33.4 Å². The molecule has 1 fully saturated rings. The fraction of sp³-hybridized carbons (Fsp3) is 0.250. The molecule has 1 aliphatic heterocycles. The van der Waals surface area contributed by atoms with Gasteiger partial charge < -0.3 is 18.8 Å². The lowest BCUT2D eigenvalue weighted by Crippen LogP contribution is -2.40. The minimum absolute atomic E-state index is 0.111. The first-order chi connectivity index (χ1) is 12.3. The monoisotopic (exact) mass is 337 g/mol. The van der Waals surface area contributed by atoms with E-state index in [1.807, 2.05) is 48.5 Å². The van der Waals surface area contributed by atoms with E-state index in [1.165, 1.54) is 0 Å². The SMILES string of the molecule is COc1ccc(-c2ccccc2)c2cc(C(=O)N3CCOCC3)oc12. The lowest BCUT2D eigenvalue weighted by atomic mass is 10.0. The van der Waals surface area contributed by atoms with Gasteiger partial charge >= 0.3 is 0 Å². The Bertz CT molecular complexity index is 895. The van der Waals surface area contributed by atoms with Crippen LogP contribution >= 0.6 is 0 Å². The van der Waals surface area contributed by atoms with Crippen LogP contribution in [0.1, 0.15) is 10.6 Å². The topological polar surface area (TPSA) is 51.9 Å². The van der Waals surface area contributed by atoms with Gasteiger partial charge in [-0.05, 0) is 29.3 Å². The summed E-state index contributed by atoms with van der Waals surface area (Å²) in [6, 6.07) is 15.7. The van der Waals surface area contributed by atoms with Gasteiger partial charge in [0.15, 0.2) is 17.1 Å². The van der Waals surface area contributed by atoms with Gasteiger partial charge in [-0.15, -0.1) is 0 Å². The van der Waals surface area contributed by atoms with Crippen LogP contribution in [-0.2, 0) is 4.74 Å². The van der Waals surface area contributed by atoms with Gasteiger partial charge in [0.2, 0.25) is 0 Å². The van der Waals surface area contributed by atoms with Crippen LogP contribution in [-0.4, -0.2) is 44.2 Å². The fourth-order valence-corrected chi connectivity index (χ4v) is 3.16. The maximum Gasteiger partial charge on any atom is 0.289 e. The molecule has 4 rings (SSSR count). The lowest BCUT2D eigenvalue weighted by Gasteiger charge is -2.25. The zero-order chi connectivity index (χ0) is 17.2. The number of morpholine rings is 1. The summed E-state index contributed by atoms with van der Waals surface area (Å²) in [4.78, 5) is 14.5. The van der Waals surface area contributed by atoms with Crippen molar-refractivity contribution in [2.45, 2.75) is 0 Å². The number of carbonyl (C=O) groups excluding carboxylic acids is 1. The van der Waals surface area contributed by atoms with Crippen molar-refractivity contribution in [3.63, 3.8) is 0 Å². The standard InChI is InChI=1S/C20H19NO4/c1-23-17-8-7-15(14-5-3-2-4-6-14)16-13-18(25-19(16)17)20(22)21-9-11-24-12-10-21/h2-8,13H,9-12H2,1H3. The fourth-order valence-electron chi connectivity index (χ4n) is 3.16. The molecule has 2 aromatic carbocycles. The third-order valence-electron chi connectivity index (χ3n) is 4.46. The Labute approximate surface area is 145 Å². The summed E-state index contributed by atoms with van der Waals surface area (Å²) < 4.78 is 16.6. The predicted octanol–water partition coefficient (Wildman–Crippen LogP) is 3.58. The molecule has 3 aromatic rings. The summed E-state index contributed by atoms with van der Waals surface area (Å²) in [5.41, 5.74) is 2.68. The number of hydrogen-bond acceptors (Lipinski definition) is 4. The zero-order valence-corrected chi connectivity index (χ0v) is 14.0. The molecule has 2 heterocycles. The highest BCUT2D eigenvalue weighted by Gasteiger charge is 2.24. The van der Waals surface area contributed by atoms with Crippen LogP contribution in [0.5, 0.6) is 5.75 Å². The van der Waals surface area contributed by atoms with E-state index in [4.69, 9.17) is 13.9 Å². The van der Waals surface area contributed by atoms with Gasteiger partial charge in [-0.1, -0.05) is 30.3 Å². The molecule has 0 saturated carbocycles. The maximum absolute atomic E-state index is 12.8. The highest BCUT2D eigenvalue weighted by atomic mass is 16.5. The first kappa shape index (κ1) is 15.7. The summed E-state index contributed by atoms with van der Waals surface area (Å²) in [6.45, 7) is 2.28. The molecular weight excluding hydrogens is 318 g/mol. The largest absolute Gasteiger partial charge is 0.493 e. The number of nitrogens with zero attached hydrogens (tertiary/aromatic N) is 1. The maximum atomic E-state index is 12.8. The summed E-state index contributed by atoms with van der Waals surface area (Å²) in [5.74, 6) is 0.842. The number of rotatable bonds is 3. The van der Waals surface area contributed by atoms with E-state index in [-0.39, 0.29) is 5.91 Å². The van der Waals surface area contributed by atoms with E-state index in [2.05, 4.69) is 0 Å². The average Bonchev–Trinajstić information content (AvgIpc) is 3.13. The molecule has 1 aliphatic rings. The summed E-state index contributed by atoms with van der Waals surface area (Å²) >= 11 is 0. The minimum Gasteiger partial charge on any atom is -0.493 e. The molecule has 1 amide bonds. The molecule has 0 unspecified atom stereocenters. The van der Waals surface area contributed by atoms with Crippen molar-refractivity contribution in [3.05, 3.63) is 54.3 Å². The second-order valence-corrected chi connectivity index (χ2v) is 5.94. The molecule has 0 spiro atoms. The summed E-state index contributed by atoms with van der Waals surface area (Å²) in [7, 11) is 1.60. The summed E-state index contributed by atoms with van der Waals surface area (Å²) in [6.07, 6.45) is 0. The van der Waals surface area contributed by atoms with Crippen LogP contribution in [0, 0.1) is 0 Å². The van der Waals surface area contributed by atoms with Gasteiger partial charge in [0.1, 0.15) is 0 Å². The second-order valence-electron chi connectivity index (χ2n) is 5.94. The Morgan fingerprint density at radius 1 is 1.08 bits per heavy atom. The predicted molar refractivity (Wildman–Crippen MR) is 94.9 cm³/mol. The molecule has 0 radical (unpaired) electrons. The average molecular weight is 337 g/mol. The van der Waals surface area contributed by atoms with E-state index >= 15 is 0 Å². The molecule has 1 aromatic heterocycles. The van der Waals surface area contributed by atoms with Gasteiger partial charge in [0, 0.05) is 18.5 Å². The normalized spacial score (nSPS) is 14.7. The van der Waals surface area contributed by atoms with Crippen LogP contribution in [0.3, 0.4) is 0 Å². The Balaban J connectivity index is 1.81. The summed E-state index contributed by atoms with van der Waals surface area (Å²) in [5, 5.41) is 0.877. The van der Waals surface area contributed by atoms with E-state index in [9.17, 15) is 4.79 Å². The first-order valence-corrected chi connectivity index (χ1v) is 8.31. The third kappa shape index (κ3) is 2.87. The Morgan fingerprint density at radius 2 is 1.84 bits per heavy atom. The molecule has 128 valence electrons. The number of benzene rings is 2. The third-order valence-corrected chi connectivity index (χ3v) is 4.46. The number of amides is 1. The smallest absolute Gasteiger partial charge is 0.289 e.